The van der Waals surface area contributed by atoms with Crippen LogP contribution in [0.1, 0.15) is 32.5 Å². The van der Waals surface area contributed by atoms with Gasteiger partial charge >= 0.3 is 0 Å². The van der Waals surface area contributed by atoms with Crippen molar-refractivity contribution in [3.63, 3.8) is 0 Å². The highest BCUT2D eigenvalue weighted by Crippen LogP contribution is 2.18. The summed E-state index contributed by atoms with van der Waals surface area (Å²) in [6.45, 7) is 9.28. The summed E-state index contributed by atoms with van der Waals surface area (Å²) in [4.78, 5) is 12.8. The Labute approximate surface area is 118 Å². The quantitative estimate of drug-likeness (QED) is 0.765. The Kier molecular flexibility index (Phi) is 4.99. The fourth-order valence-corrected chi connectivity index (χ4v) is 3.53. The van der Waals surface area contributed by atoms with Gasteiger partial charge in [0.25, 0.3) is 0 Å². The first kappa shape index (κ1) is 14.5. The summed E-state index contributed by atoms with van der Waals surface area (Å²) < 4.78 is 2.18. The number of rotatable bonds is 6. The van der Waals surface area contributed by atoms with Gasteiger partial charge in [0.1, 0.15) is 17.6 Å². The number of quaternary nitrogens is 1. The van der Waals surface area contributed by atoms with Crippen LogP contribution in [0.2, 0.25) is 0 Å². The Hall–Kier alpha value is -0.880. The number of thioether (sulfide) groups is 1. The van der Waals surface area contributed by atoms with Crippen LogP contribution in [0.5, 0.6) is 0 Å². The topological polar surface area (TPSA) is 52.2 Å². The molecule has 5 nitrogen and oxygen atoms in total. The van der Waals surface area contributed by atoms with Gasteiger partial charge in [0.2, 0.25) is 0 Å². The van der Waals surface area contributed by atoms with Gasteiger partial charge in [-0.2, -0.15) is 0 Å². The number of carbonyl (C=O) groups is 1. The molecular weight excluding hydrogens is 260 g/mol. The summed E-state index contributed by atoms with van der Waals surface area (Å²) in [5.41, 5.74) is 0. The smallest absolute Gasteiger partial charge is 0.191 e. The van der Waals surface area contributed by atoms with Crippen LogP contribution in [0.15, 0.2) is 5.16 Å². The molecule has 6 heteroatoms. The van der Waals surface area contributed by atoms with Crippen LogP contribution in [0.4, 0.5) is 0 Å². The van der Waals surface area contributed by atoms with Gasteiger partial charge in [-0.25, -0.2) is 0 Å². The molecule has 1 saturated heterocycles. The number of hydrogen-bond acceptors (Lipinski definition) is 4. The highest BCUT2D eigenvalue weighted by Gasteiger charge is 2.28. The SMILES string of the molecule is CC[NH+]1CCC[C@H]1Cn1c(C)nnc1SCC(C)=O. The third kappa shape index (κ3) is 3.57. The fraction of sp³-hybridized carbons (Fsp3) is 0.769. The average molecular weight is 283 g/mol. The maximum absolute atomic E-state index is 11.1. The number of nitrogens with zero attached hydrogens (tertiary/aromatic N) is 3. The number of hydrogen-bond donors (Lipinski definition) is 1. The minimum absolute atomic E-state index is 0.180. The van der Waals surface area contributed by atoms with E-state index in [1.165, 1.54) is 37.7 Å². The minimum Gasteiger partial charge on any atom is -0.331 e. The first-order valence-corrected chi connectivity index (χ1v) is 7.97. The summed E-state index contributed by atoms with van der Waals surface area (Å²) in [7, 11) is 0. The van der Waals surface area contributed by atoms with E-state index in [-0.39, 0.29) is 5.78 Å². The molecule has 0 radical (unpaired) electrons. The predicted molar refractivity (Wildman–Crippen MR) is 75.6 cm³/mol. The Morgan fingerprint density at radius 2 is 2.32 bits per heavy atom. The van der Waals surface area contributed by atoms with E-state index in [1.54, 1.807) is 11.8 Å². The Bertz CT molecular complexity index is 446. The molecule has 1 aliphatic rings. The van der Waals surface area contributed by atoms with Crippen LogP contribution in [0.3, 0.4) is 0 Å². The van der Waals surface area contributed by atoms with Crippen LogP contribution in [0, 0.1) is 6.92 Å². The van der Waals surface area contributed by atoms with Crippen LogP contribution in [-0.4, -0.2) is 45.4 Å². The fourth-order valence-electron chi connectivity index (χ4n) is 2.73. The molecule has 1 unspecified atom stereocenters. The molecule has 0 saturated carbocycles. The van der Waals surface area contributed by atoms with E-state index in [0.29, 0.717) is 11.8 Å². The van der Waals surface area contributed by atoms with Gasteiger partial charge < -0.3 is 9.47 Å². The monoisotopic (exact) mass is 283 g/mol. The first-order valence-electron chi connectivity index (χ1n) is 6.98. The van der Waals surface area contributed by atoms with Gasteiger partial charge in [0.05, 0.1) is 25.4 Å². The number of likely N-dealkylation sites (N-methyl/N-ethyl adjacent to an activating group) is 1. The van der Waals surface area contributed by atoms with Crippen molar-refractivity contribution >= 4 is 17.5 Å². The summed E-state index contributed by atoms with van der Waals surface area (Å²) >= 11 is 1.50. The van der Waals surface area contributed by atoms with E-state index in [4.69, 9.17) is 0 Å². The zero-order valence-electron chi connectivity index (χ0n) is 12.0. The third-order valence-electron chi connectivity index (χ3n) is 3.79. The van der Waals surface area contributed by atoms with E-state index in [2.05, 4.69) is 21.7 Å². The highest BCUT2D eigenvalue weighted by atomic mass is 32.2. The Morgan fingerprint density at radius 1 is 1.53 bits per heavy atom. The van der Waals surface area contributed by atoms with Crippen LogP contribution in [0.25, 0.3) is 0 Å². The number of aryl methyl sites for hydroxylation is 1. The molecule has 1 N–H and O–H groups in total. The van der Waals surface area contributed by atoms with Crippen molar-refractivity contribution in [2.75, 3.05) is 18.8 Å². The van der Waals surface area contributed by atoms with E-state index in [1.807, 2.05) is 6.92 Å². The van der Waals surface area contributed by atoms with Gasteiger partial charge in [-0.15, -0.1) is 10.2 Å². The average Bonchev–Trinajstić information content (AvgIpc) is 2.96. The second-order valence-electron chi connectivity index (χ2n) is 5.23. The summed E-state index contributed by atoms with van der Waals surface area (Å²) in [6, 6.07) is 0.663. The minimum atomic E-state index is 0.180. The highest BCUT2D eigenvalue weighted by molar-refractivity contribution is 7.99. The lowest BCUT2D eigenvalue weighted by Gasteiger charge is -2.21. The van der Waals surface area contributed by atoms with Crippen molar-refractivity contribution in [2.24, 2.45) is 0 Å². The largest absolute Gasteiger partial charge is 0.331 e. The van der Waals surface area contributed by atoms with Crippen molar-refractivity contribution < 1.29 is 9.69 Å². The summed E-state index contributed by atoms with van der Waals surface area (Å²) in [5, 5.41) is 9.24. The number of aromatic nitrogens is 3. The van der Waals surface area contributed by atoms with Crippen molar-refractivity contribution in [2.45, 2.75) is 51.4 Å². The molecule has 1 aromatic heterocycles. The number of likely N-dealkylation sites (tertiary alicyclic amines) is 1. The van der Waals surface area contributed by atoms with Gasteiger partial charge in [0.15, 0.2) is 5.16 Å². The maximum atomic E-state index is 11.1. The van der Waals surface area contributed by atoms with Crippen LogP contribution >= 0.6 is 11.8 Å². The number of nitrogens with one attached hydrogen (secondary N) is 1. The predicted octanol–water partition coefficient (Wildman–Crippen LogP) is 0.335. The standard InChI is InChI=1S/C13H22N4OS/c1-4-16-7-5-6-12(16)8-17-11(3)14-15-13(17)19-9-10(2)18/h12H,4-9H2,1-3H3/p+1/t12-/m0/s1. The summed E-state index contributed by atoms with van der Waals surface area (Å²) in [6.07, 6.45) is 2.59. The maximum Gasteiger partial charge on any atom is 0.191 e. The molecule has 1 aromatic rings. The lowest BCUT2D eigenvalue weighted by molar-refractivity contribution is -0.911. The lowest BCUT2D eigenvalue weighted by Crippen LogP contribution is -3.13. The molecule has 1 fully saturated rings. The van der Waals surface area contributed by atoms with E-state index < -0.39 is 0 Å². The number of carbonyl (C=O) groups excluding carboxylic acids is 1. The zero-order valence-corrected chi connectivity index (χ0v) is 12.8. The molecule has 106 valence electrons. The lowest BCUT2D eigenvalue weighted by atomic mass is 10.2. The molecule has 1 aliphatic heterocycles. The molecule has 0 aliphatic carbocycles. The third-order valence-corrected chi connectivity index (χ3v) is 4.90. The number of ketones is 1. The van der Waals surface area contributed by atoms with Crippen LogP contribution in [-0.2, 0) is 11.3 Å². The second kappa shape index (κ2) is 6.52. The normalized spacial score (nSPS) is 22.9. The Balaban J connectivity index is 2.06. The van der Waals surface area contributed by atoms with Crippen molar-refractivity contribution in [1.82, 2.24) is 14.8 Å². The van der Waals surface area contributed by atoms with E-state index >= 15 is 0 Å². The molecule has 0 aromatic carbocycles. The molecule has 0 spiro atoms. The molecule has 2 atom stereocenters. The van der Waals surface area contributed by atoms with Crippen molar-refractivity contribution in [3.05, 3.63) is 5.82 Å². The Morgan fingerprint density at radius 3 is 3.00 bits per heavy atom. The van der Waals surface area contributed by atoms with Gasteiger partial charge in [-0.3, -0.25) is 4.79 Å². The van der Waals surface area contributed by atoms with E-state index in [0.717, 1.165) is 17.5 Å². The van der Waals surface area contributed by atoms with Crippen molar-refractivity contribution in [3.8, 4) is 0 Å². The molecule has 2 heterocycles. The van der Waals surface area contributed by atoms with Crippen molar-refractivity contribution in [1.29, 1.82) is 0 Å². The number of Topliss-reactive ketones (excluding diaryl/α,β-unsaturated/α-hetero) is 1. The zero-order chi connectivity index (χ0) is 13.8. The van der Waals surface area contributed by atoms with Gasteiger partial charge in [-0.1, -0.05) is 11.8 Å². The molecule has 2 rings (SSSR count). The first-order chi connectivity index (χ1) is 9.11. The van der Waals surface area contributed by atoms with Gasteiger partial charge in [-0.05, 0) is 20.8 Å². The molecule has 19 heavy (non-hydrogen) atoms. The summed E-state index contributed by atoms with van der Waals surface area (Å²) in [5.74, 6) is 1.61. The van der Waals surface area contributed by atoms with E-state index in [9.17, 15) is 4.79 Å². The second-order valence-corrected chi connectivity index (χ2v) is 6.17. The van der Waals surface area contributed by atoms with Gasteiger partial charge in [0, 0.05) is 12.8 Å². The molecule has 0 amide bonds. The molecule has 0 bridgehead atoms. The van der Waals surface area contributed by atoms with Crippen LogP contribution < -0.4 is 4.90 Å². The molecular formula is C13H23N4OS+.